The van der Waals surface area contributed by atoms with E-state index < -0.39 is 0 Å². The maximum atomic E-state index is 5.11. The highest BCUT2D eigenvalue weighted by Gasteiger charge is 2.28. The fourth-order valence-electron chi connectivity index (χ4n) is 1.31. The summed E-state index contributed by atoms with van der Waals surface area (Å²) >= 11 is 0. The average molecular weight is 165 g/mol. The molecule has 0 spiro atoms. The molecule has 2 aliphatic rings. The van der Waals surface area contributed by atoms with E-state index in [1.165, 1.54) is 12.8 Å². The van der Waals surface area contributed by atoms with Crippen molar-refractivity contribution in [1.29, 1.82) is 0 Å². The maximum absolute atomic E-state index is 5.11. The van der Waals surface area contributed by atoms with Crippen LogP contribution in [0.2, 0.25) is 0 Å². The lowest BCUT2D eigenvalue weighted by Crippen LogP contribution is -2.04. The van der Waals surface area contributed by atoms with Crippen LogP contribution in [0.4, 0.5) is 0 Å². The summed E-state index contributed by atoms with van der Waals surface area (Å²) in [6.07, 6.45) is 4.75. The number of hydrogen-bond acceptors (Lipinski definition) is 3. The van der Waals surface area contributed by atoms with Gasteiger partial charge in [0.05, 0.1) is 13.2 Å². The number of aromatic nitrogens is 3. The molecule has 1 aromatic heterocycles. The Bertz CT molecular complexity index is 288. The largest absolute Gasteiger partial charge is 0.371 e. The molecule has 4 nitrogen and oxygen atoms in total. The first-order chi connectivity index (χ1) is 5.92. The lowest BCUT2D eigenvalue weighted by atomic mass is 10.4. The van der Waals surface area contributed by atoms with Crippen LogP contribution in [0.1, 0.15) is 24.6 Å². The van der Waals surface area contributed by atoms with Gasteiger partial charge in [0, 0.05) is 5.92 Å². The summed E-state index contributed by atoms with van der Waals surface area (Å²) in [6.45, 7) is 1.76. The third-order valence-electron chi connectivity index (χ3n) is 2.29. The molecule has 3 rings (SSSR count). The zero-order valence-corrected chi connectivity index (χ0v) is 6.81. The predicted octanol–water partition coefficient (Wildman–Crippen LogP) is 0.554. The van der Waals surface area contributed by atoms with Crippen molar-refractivity contribution < 1.29 is 4.74 Å². The molecule has 0 N–H and O–H groups in total. The van der Waals surface area contributed by atoms with Crippen molar-refractivity contribution in [1.82, 2.24) is 14.8 Å². The van der Waals surface area contributed by atoms with Crippen LogP contribution in [-0.4, -0.2) is 27.5 Å². The smallest absolute Gasteiger partial charge is 0.153 e. The van der Waals surface area contributed by atoms with Crippen LogP contribution in [-0.2, 0) is 11.3 Å². The summed E-state index contributed by atoms with van der Waals surface area (Å²) in [6, 6.07) is 0. The fourth-order valence-corrected chi connectivity index (χ4v) is 1.31. The Morgan fingerprint density at radius 3 is 3.08 bits per heavy atom. The number of hydrogen-bond donors (Lipinski definition) is 0. The molecule has 1 saturated carbocycles. The summed E-state index contributed by atoms with van der Waals surface area (Å²) < 4.78 is 7.00. The van der Waals surface area contributed by atoms with E-state index in [1.54, 1.807) is 0 Å². The van der Waals surface area contributed by atoms with Gasteiger partial charge in [-0.05, 0) is 12.8 Å². The summed E-state index contributed by atoms with van der Waals surface area (Å²) in [5.41, 5.74) is 0. The molecule has 12 heavy (non-hydrogen) atoms. The van der Waals surface area contributed by atoms with Gasteiger partial charge in [-0.15, -0.1) is 0 Å². The normalized spacial score (nSPS) is 27.5. The molecule has 4 heteroatoms. The van der Waals surface area contributed by atoms with Crippen molar-refractivity contribution in [3.05, 3.63) is 12.2 Å². The number of rotatable bonds is 3. The Hall–Kier alpha value is -0.900. The van der Waals surface area contributed by atoms with Crippen LogP contribution in [0.3, 0.4) is 0 Å². The third-order valence-corrected chi connectivity index (χ3v) is 2.29. The first-order valence-corrected chi connectivity index (χ1v) is 4.43. The molecule has 2 heterocycles. The van der Waals surface area contributed by atoms with E-state index in [4.69, 9.17) is 4.74 Å². The van der Waals surface area contributed by atoms with Crippen molar-refractivity contribution >= 4 is 0 Å². The summed E-state index contributed by atoms with van der Waals surface area (Å²) in [5.74, 6) is 1.68. The summed E-state index contributed by atoms with van der Waals surface area (Å²) in [5, 5.41) is 4.38. The zero-order valence-electron chi connectivity index (χ0n) is 6.81. The minimum Gasteiger partial charge on any atom is -0.371 e. The highest BCUT2D eigenvalue weighted by molar-refractivity contribution is 5.02. The lowest BCUT2D eigenvalue weighted by Gasteiger charge is -1.93. The third kappa shape index (κ3) is 1.22. The summed E-state index contributed by atoms with van der Waals surface area (Å²) in [7, 11) is 0. The van der Waals surface area contributed by atoms with Crippen molar-refractivity contribution in [3.8, 4) is 0 Å². The van der Waals surface area contributed by atoms with Gasteiger partial charge in [-0.3, -0.25) is 0 Å². The monoisotopic (exact) mass is 165 g/mol. The molecule has 0 aromatic carbocycles. The molecule has 64 valence electrons. The molecule has 1 aliphatic heterocycles. The van der Waals surface area contributed by atoms with Crippen molar-refractivity contribution in [2.45, 2.75) is 31.4 Å². The molecule has 0 amide bonds. The Balaban J connectivity index is 1.72. The van der Waals surface area contributed by atoms with Gasteiger partial charge < -0.3 is 4.74 Å². The Morgan fingerprint density at radius 2 is 2.42 bits per heavy atom. The topological polar surface area (TPSA) is 43.2 Å². The molecule has 1 saturated heterocycles. The highest BCUT2D eigenvalue weighted by Crippen LogP contribution is 2.37. The van der Waals surface area contributed by atoms with Crippen LogP contribution in [0.15, 0.2) is 6.33 Å². The first-order valence-electron chi connectivity index (χ1n) is 4.43. The van der Waals surface area contributed by atoms with Gasteiger partial charge in [0.25, 0.3) is 0 Å². The summed E-state index contributed by atoms with van der Waals surface area (Å²) in [4.78, 5) is 4.26. The molecule has 0 bridgehead atoms. The maximum Gasteiger partial charge on any atom is 0.153 e. The SMILES string of the molecule is c1nc(C2CC2)nn1CC1CO1. The molecule has 1 unspecified atom stereocenters. The Kier molecular flexibility index (Phi) is 1.26. The second-order valence-electron chi connectivity index (χ2n) is 3.55. The number of ether oxygens (including phenoxy) is 1. The minimum absolute atomic E-state index is 0.402. The average Bonchev–Trinajstić information content (AvgIpc) is 2.92. The van der Waals surface area contributed by atoms with Crippen LogP contribution in [0.25, 0.3) is 0 Å². The van der Waals surface area contributed by atoms with Crippen LogP contribution < -0.4 is 0 Å². The predicted molar refractivity (Wildman–Crippen MR) is 41.7 cm³/mol. The van der Waals surface area contributed by atoms with Gasteiger partial charge in [-0.1, -0.05) is 0 Å². The molecular formula is C8H11N3O. The standard InChI is InChI=1S/C8H11N3O/c1-2-6(1)8-9-5-11(10-8)3-7-4-12-7/h5-7H,1-4H2. The molecule has 1 aromatic rings. The van der Waals surface area contributed by atoms with Crippen molar-refractivity contribution in [3.63, 3.8) is 0 Å². The van der Waals surface area contributed by atoms with Gasteiger partial charge in [-0.25, -0.2) is 9.67 Å². The van der Waals surface area contributed by atoms with Gasteiger partial charge in [0.1, 0.15) is 12.4 Å². The molecule has 1 atom stereocenters. The quantitative estimate of drug-likeness (QED) is 0.614. The highest BCUT2D eigenvalue weighted by atomic mass is 16.6. The molecule has 0 radical (unpaired) electrons. The van der Waals surface area contributed by atoms with E-state index in [2.05, 4.69) is 10.1 Å². The van der Waals surface area contributed by atoms with Crippen LogP contribution >= 0.6 is 0 Å². The van der Waals surface area contributed by atoms with E-state index in [1.807, 2.05) is 11.0 Å². The van der Waals surface area contributed by atoms with Crippen molar-refractivity contribution in [2.75, 3.05) is 6.61 Å². The number of epoxide rings is 1. The fraction of sp³-hybridized carbons (Fsp3) is 0.750. The van der Waals surface area contributed by atoms with E-state index in [0.717, 1.165) is 19.0 Å². The molecule has 2 fully saturated rings. The van der Waals surface area contributed by atoms with Gasteiger partial charge >= 0.3 is 0 Å². The Morgan fingerprint density at radius 1 is 1.58 bits per heavy atom. The lowest BCUT2D eigenvalue weighted by molar-refractivity contribution is 0.372. The van der Waals surface area contributed by atoms with E-state index in [-0.39, 0.29) is 0 Å². The van der Waals surface area contributed by atoms with E-state index >= 15 is 0 Å². The molecular weight excluding hydrogens is 154 g/mol. The van der Waals surface area contributed by atoms with Crippen molar-refractivity contribution in [2.24, 2.45) is 0 Å². The minimum atomic E-state index is 0.402. The first kappa shape index (κ1) is 6.60. The van der Waals surface area contributed by atoms with Gasteiger partial charge in [0.2, 0.25) is 0 Å². The second-order valence-corrected chi connectivity index (χ2v) is 3.55. The number of nitrogens with zero attached hydrogens (tertiary/aromatic N) is 3. The van der Waals surface area contributed by atoms with Gasteiger partial charge in [0.15, 0.2) is 5.82 Å². The molecule has 1 aliphatic carbocycles. The second kappa shape index (κ2) is 2.29. The van der Waals surface area contributed by atoms with E-state index in [0.29, 0.717) is 12.0 Å². The van der Waals surface area contributed by atoms with Crippen LogP contribution in [0, 0.1) is 0 Å². The zero-order chi connectivity index (χ0) is 7.97. The van der Waals surface area contributed by atoms with Gasteiger partial charge in [-0.2, -0.15) is 5.10 Å². The van der Waals surface area contributed by atoms with E-state index in [9.17, 15) is 0 Å². The Labute approximate surface area is 70.5 Å². The van der Waals surface area contributed by atoms with Crippen LogP contribution in [0.5, 0.6) is 0 Å².